The summed E-state index contributed by atoms with van der Waals surface area (Å²) in [7, 11) is 0. The molecule has 1 heterocycles. The predicted octanol–water partition coefficient (Wildman–Crippen LogP) is 3.57. The highest BCUT2D eigenvalue weighted by Crippen LogP contribution is 2.29. The maximum atomic E-state index is 12.1. The SMILES string of the molecule is Cc1cccc(OC(=O)COc2ccc3c4c(c(=O)oc3c2)CCC4)c1. The molecule has 5 nitrogen and oxygen atoms in total. The molecule has 0 radical (unpaired) electrons. The maximum absolute atomic E-state index is 12.1. The van der Waals surface area contributed by atoms with E-state index in [2.05, 4.69) is 0 Å². The van der Waals surface area contributed by atoms with E-state index in [0.29, 0.717) is 17.1 Å². The summed E-state index contributed by atoms with van der Waals surface area (Å²) >= 11 is 0. The van der Waals surface area contributed by atoms with Crippen LogP contribution in [0, 0.1) is 6.92 Å². The van der Waals surface area contributed by atoms with Crippen molar-refractivity contribution in [2.75, 3.05) is 6.61 Å². The minimum absolute atomic E-state index is 0.228. The van der Waals surface area contributed by atoms with Gasteiger partial charge >= 0.3 is 11.6 Å². The van der Waals surface area contributed by atoms with Crippen LogP contribution in [0.15, 0.2) is 51.7 Å². The molecular weight excluding hydrogens is 332 g/mol. The zero-order valence-electron chi connectivity index (χ0n) is 14.4. The number of aryl methyl sites for hydroxylation is 2. The Bertz CT molecular complexity index is 1050. The molecule has 5 heteroatoms. The lowest BCUT2D eigenvalue weighted by molar-refractivity contribution is -0.136. The molecule has 4 rings (SSSR count). The second-order valence-corrected chi connectivity index (χ2v) is 6.44. The molecule has 132 valence electrons. The molecule has 2 aromatic carbocycles. The molecule has 0 spiro atoms. The fraction of sp³-hybridized carbons (Fsp3) is 0.238. The van der Waals surface area contributed by atoms with Crippen LogP contribution in [0.5, 0.6) is 11.5 Å². The highest BCUT2D eigenvalue weighted by molar-refractivity contribution is 5.83. The van der Waals surface area contributed by atoms with E-state index in [1.54, 1.807) is 24.3 Å². The van der Waals surface area contributed by atoms with Gasteiger partial charge < -0.3 is 13.9 Å². The third kappa shape index (κ3) is 3.20. The van der Waals surface area contributed by atoms with Crippen LogP contribution in [0.1, 0.15) is 23.1 Å². The summed E-state index contributed by atoms with van der Waals surface area (Å²) in [5.41, 5.74) is 3.07. The van der Waals surface area contributed by atoms with Gasteiger partial charge in [0.2, 0.25) is 0 Å². The van der Waals surface area contributed by atoms with Crippen molar-refractivity contribution in [3.8, 4) is 11.5 Å². The van der Waals surface area contributed by atoms with Gasteiger partial charge in [0.15, 0.2) is 6.61 Å². The van der Waals surface area contributed by atoms with Gasteiger partial charge in [-0.2, -0.15) is 0 Å². The monoisotopic (exact) mass is 350 g/mol. The number of benzene rings is 2. The summed E-state index contributed by atoms with van der Waals surface area (Å²) in [5, 5.41) is 0.937. The van der Waals surface area contributed by atoms with Crippen LogP contribution in [0.4, 0.5) is 0 Å². The average molecular weight is 350 g/mol. The first-order valence-electron chi connectivity index (χ1n) is 8.59. The van der Waals surface area contributed by atoms with Gasteiger partial charge in [0.05, 0.1) is 0 Å². The Morgan fingerprint density at radius 1 is 1.08 bits per heavy atom. The molecule has 3 aromatic rings. The summed E-state index contributed by atoms with van der Waals surface area (Å²) in [5.74, 6) is 0.449. The van der Waals surface area contributed by atoms with E-state index in [1.165, 1.54) is 0 Å². The molecule has 0 amide bonds. The van der Waals surface area contributed by atoms with Crippen molar-refractivity contribution in [3.05, 3.63) is 69.6 Å². The van der Waals surface area contributed by atoms with Gasteiger partial charge in [-0.05, 0) is 61.6 Å². The van der Waals surface area contributed by atoms with Crippen LogP contribution >= 0.6 is 0 Å². The van der Waals surface area contributed by atoms with E-state index in [-0.39, 0.29) is 12.2 Å². The number of esters is 1. The molecule has 26 heavy (non-hydrogen) atoms. The molecule has 0 atom stereocenters. The molecule has 0 unspecified atom stereocenters. The Balaban J connectivity index is 1.48. The van der Waals surface area contributed by atoms with Crippen LogP contribution < -0.4 is 15.1 Å². The largest absolute Gasteiger partial charge is 0.482 e. The fourth-order valence-corrected chi connectivity index (χ4v) is 3.34. The Labute approximate surface area is 150 Å². The number of rotatable bonds is 4. The van der Waals surface area contributed by atoms with Crippen molar-refractivity contribution in [3.63, 3.8) is 0 Å². The summed E-state index contributed by atoms with van der Waals surface area (Å²) < 4.78 is 16.2. The number of hydrogen-bond donors (Lipinski definition) is 0. The highest BCUT2D eigenvalue weighted by Gasteiger charge is 2.19. The van der Waals surface area contributed by atoms with E-state index < -0.39 is 5.97 Å². The molecule has 0 N–H and O–H groups in total. The second kappa shape index (κ2) is 6.67. The minimum atomic E-state index is -0.494. The Hall–Kier alpha value is -3.08. The number of hydrogen-bond acceptors (Lipinski definition) is 5. The first-order chi connectivity index (χ1) is 12.6. The van der Waals surface area contributed by atoms with E-state index in [9.17, 15) is 9.59 Å². The summed E-state index contributed by atoms with van der Waals surface area (Å²) in [4.78, 5) is 24.0. The second-order valence-electron chi connectivity index (χ2n) is 6.44. The third-order valence-electron chi connectivity index (χ3n) is 4.52. The molecule has 1 aromatic heterocycles. The van der Waals surface area contributed by atoms with Crippen molar-refractivity contribution in [1.82, 2.24) is 0 Å². The van der Waals surface area contributed by atoms with Crippen molar-refractivity contribution in [1.29, 1.82) is 0 Å². The summed E-state index contributed by atoms with van der Waals surface area (Å²) in [6.07, 6.45) is 2.64. The van der Waals surface area contributed by atoms with Gasteiger partial charge in [-0.25, -0.2) is 9.59 Å². The quantitative estimate of drug-likeness (QED) is 0.409. The minimum Gasteiger partial charge on any atom is -0.482 e. The topological polar surface area (TPSA) is 65.7 Å². The zero-order chi connectivity index (χ0) is 18.1. The zero-order valence-corrected chi connectivity index (χ0v) is 14.4. The van der Waals surface area contributed by atoms with Gasteiger partial charge in [-0.3, -0.25) is 0 Å². The lowest BCUT2D eigenvalue weighted by atomic mass is 10.1. The number of carbonyl (C=O) groups excluding carboxylic acids is 1. The van der Waals surface area contributed by atoms with E-state index in [1.807, 2.05) is 25.1 Å². The van der Waals surface area contributed by atoms with Crippen LogP contribution in [0.25, 0.3) is 11.0 Å². The molecule has 0 bridgehead atoms. The van der Waals surface area contributed by atoms with Crippen molar-refractivity contribution in [2.45, 2.75) is 26.2 Å². The Kier molecular flexibility index (Phi) is 4.21. The Morgan fingerprint density at radius 3 is 2.77 bits per heavy atom. The lowest BCUT2D eigenvalue weighted by Gasteiger charge is -2.09. The third-order valence-corrected chi connectivity index (χ3v) is 4.52. The van der Waals surface area contributed by atoms with E-state index in [0.717, 1.165) is 41.3 Å². The predicted molar refractivity (Wildman–Crippen MR) is 96.8 cm³/mol. The van der Waals surface area contributed by atoms with Crippen molar-refractivity contribution < 1.29 is 18.7 Å². The van der Waals surface area contributed by atoms with Crippen LogP contribution in [0.3, 0.4) is 0 Å². The Morgan fingerprint density at radius 2 is 1.92 bits per heavy atom. The van der Waals surface area contributed by atoms with Crippen LogP contribution in [-0.2, 0) is 17.6 Å². The van der Waals surface area contributed by atoms with Crippen molar-refractivity contribution >= 4 is 16.9 Å². The lowest BCUT2D eigenvalue weighted by Crippen LogP contribution is -2.17. The number of fused-ring (bicyclic) bond motifs is 3. The molecule has 0 aliphatic heterocycles. The normalized spacial score (nSPS) is 12.8. The van der Waals surface area contributed by atoms with E-state index >= 15 is 0 Å². The number of carbonyl (C=O) groups is 1. The first kappa shape index (κ1) is 16.4. The number of ether oxygens (including phenoxy) is 2. The van der Waals surface area contributed by atoms with Gasteiger partial charge in [0, 0.05) is 17.0 Å². The summed E-state index contributed by atoms with van der Waals surface area (Å²) in [6.45, 7) is 1.70. The van der Waals surface area contributed by atoms with E-state index in [4.69, 9.17) is 13.9 Å². The van der Waals surface area contributed by atoms with Crippen LogP contribution in [-0.4, -0.2) is 12.6 Å². The summed E-state index contributed by atoms with van der Waals surface area (Å²) in [6, 6.07) is 12.6. The highest BCUT2D eigenvalue weighted by atomic mass is 16.6. The molecule has 0 saturated heterocycles. The molecule has 0 saturated carbocycles. The molecule has 1 aliphatic carbocycles. The molecule has 0 fully saturated rings. The van der Waals surface area contributed by atoms with Gasteiger partial charge in [0.25, 0.3) is 0 Å². The molecule has 1 aliphatic rings. The average Bonchev–Trinajstić information content (AvgIpc) is 3.10. The first-order valence-corrected chi connectivity index (χ1v) is 8.59. The van der Waals surface area contributed by atoms with Gasteiger partial charge in [0.1, 0.15) is 17.1 Å². The fourth-order valence-electron chi connectivity index (χ4n) is 3.34. The van der Waals surface area contributed by atoms with Crippen LogP contribution in [0.2, 0.25) is 0 Å². The van der Waals surface area contributed by atoms with Gasteiger partial charge in [-0.15, -0.1) is 0 Å². The van der Waals surface area contributed by atoms with Crippen molar-refractivity contribution in [2.24, 2.45) is 0 Å². The smallest absolute Gasteiger partial charge is 0.349 e. The van der Waals surface area contributed by atoms with Gasteiger partial charge in [-0.1, -0.05) is 12.1 Å². The standard InChI is InChI=1S/C21H18O5/c1-13-4-2-5-15(10-13)25-20(22)12-24-14-8-9-17-16-6-3-7-18(16)21(23)26-19(17)11-14/h2,4-5,8-11H,3,6-7,12H2,1H3. The molecular formula is C21H18O5. The maximum Gasteiger partial charge on any atom is 0.349 e.